The van der Waals surface area contributed by atoms with Crippen molar-refractivity contribution < 1.29 is 23.7 Å². The zero-order chi connectivity index (χ0) is 19.1. The predicted molar refractivity (Wildman–Crippen MR) is 102 cm³/mol. The van der Waals surface area contributed by atoms with Crippen LogP contribution >= 0.6 is 0 Å². The van der Waals surface area contributed by atoms with E-state index in [1.54, 1.807) is 25.3 Å². The van der Waals surface area contributed by atoms with E-state index in [-0.39, 0.29) is 5.78 Å². The summed E-state index contributed by atoms with van der Waals surface area (Å²) in [5.74, 6) is 1.82. The molecule has 0 saturated carbocycles. The largest absolute Gasteiger partial charge is 0.497 e. The van der Waals surface area contributed by atoms with Crippen molar-refractivity contribution in [1.82, 2.24) is 0 Å². The average molecular weight is 356 g/mol. The molecule has 0 atom stereocenters. The Kier molecular flexibility index (Phi) is 6.67. The SMILES string of the molecule is CCc1ccc(OC)c(/C=C/C(=O)c2cc(OC)cc(OC)c2OC)c1. The first-order valence-electron chi connectivity index (χ1n) is 8.27. The average Bonchev–Trinajstić information content (AvgIpc) is 2.70. The number of ketones is 1. The lowest BCUT2D eigenvalue weighted by molar-refractivity contribution is 0.104. The molecule has 0 amide bonds. The number of rotatable bonds is 8. The van der Waals surface area contributed by atoms with Crippen molar-refractivity contribution in [3.05, 3.63) is 53.1 Å². The summed E-state index contributed by atoms with van der Waals surface area (Å²) in [6.07, 6.45) is 4.14. The first-order valence-corrected chi connectivity index (χ1v) is 8.27. The van der Waals surface area contributed by atoms with E-state index in [2.05, 4.69) is 6.92 Å². The van der Waals surface area contributed by atoms with Gasteiger partial charge in [-0.2, -0.15) is 0 Å². The minimum atomic E-state index is -0.219. The van der Waals surface area contributed by atoms with Gasteiger partial charge in [-0.3, -0.25) is 4.79 Å². The summed E-state index contributed by atoms with van der Waals surface area (Å²) in [4.78, 5) is 12.8. The van der Waals surface area contributed by atoms with E-state index in [4.69, 9.17) is 18.9 Å². The quantitative estimate of drug-likeness (QED) is 0.525. The van der Waals surface area contributed by atoms with E-state index < -0.39 is 0 Å². The number of carbonyl (C=O) groups excluding carboxylic acids is 1. The predicted octanol–water partition coefficient (Wildman–Crippen LogP) is 4.18. The first-order chi connectivity index (χ1) is 12.6. The van der Waals surface area contributed by atoms with Crippen LogP contribution in [0.25, 0.3) is 6.08 Å². The lowest BCUT2D eigenvalue weighted by Crippen LogP contribution is -2.02. The van der Waals surface area contributed by atoms with Crippen LogP contribution in [0.5, 0.6) is 23.0 Å². The molecule has 138 valence electrons. The highest BCUT2D eigenvalue weighted by Crippen LogP contribution is 2.36. The maximum absolute atomic E-state index is 12.8. The molecule has 0 aliphatic carbocycles. The maximum atomic E-state index is 12.8. The van der Waals surface area contributed by atoms with Crippen molar-refractivity contribution in [1.29, 1.82) is 0 Å². The minimum Gasteiger partial charge on any atom is -0.497 e. The van der Waals surface area contributed by atoms with E-state index >= 15 is 0 Å². The van der Waals surface area contributed by atoms with E-state index in [1.165, 1.54) is 33.0 Å². The molecule has 0 saturated heterocycles. The molecule has 0 fully saturated rings. The third kappa shape index (κ3) is 4.17. The first kappa shape index (κ1) is 19.4. The van der Waals surface area contributed by atoms with Crippen LogP contribution in [0.3, 0.4) is 0 Å². The molecule has 5 heteroatoms. The normalized spacial score (nSPS) is 10.7. The van der Waals surface area contributed by atoms with E-state index in [0.717, 1.165) is 12.0 Å². The Hall–Kier alpha value is -2.95. The number of aryl methyl sites for hydroxylation is 1. The van der Waals surface area contributed by atoms with Crippen LogP contribution in [0.4, 0.5) is 0 Å². The molecule has 0 N–H and O–H groups in total. The summed E-state index contributed by atoms with van der Waals surface area (Å²) >= 11 is 0. The fourth-order valence-corrected chi connectivity index (χ4v) is 2.63. The Morgan fingerprint density at radius 3 is 2.23 bits per heavy atom. The molecule has 2 rings (SSSR count). The Balaban J connectivity index is 2.43. The molecule has 0 aromatic heterocycles. The van der Waals surface area contributed by atoms with Crippen molar-refractivity contribution in [3.8, 4) is 23.0 Å². The van der Waals surface area contributed by atoms with Gasteiger partial charge in [0, 0.05) is 11.6 Å². The fourth-order valence-electron chi connectivity index (χ4n) is 2.63. The van der Waals surface area contributed by atoms with Gasteiger partial charge in [-0.25, -0.2) is 0 Å². The highest BCUT2D eigenvalue weighted by Gasteiger charge is 2.17. The topological polar surface area (TPSA) is 54.0 Å². The molecule has 0 spiro atoms. The number of ether oxygens (including phenoxy) is 4. The Morgan fingerprint density at radius 2 is 1.65 bits per heavy atom. The minimum absolute atomic E-state index is 0.219. The third-order valence-corrected chi connectivity index (χ3v) is 4.07. The van der Waals surface area contributed by atoms with Crippen molar-refractivity contribution in [2.75, 3.05) is 28.4 Å². The molecule has 0 aliphatic heterocycles. The van der Waals surface area contributed by atoms with E-state index in [9.17, 15) is 4.79 Å². The van der Waals surface area contributed by atoms with Crippen LogP contribution in [0.1, 0.15) is 28.4 Å². The Labute approximate surface area is 154 Å². The van der Waals surface area contributed by atoms with Crippen LogP contribution in [0.15, 0.2) is 36.4 Å². The number of allylic oxidation sites excluding steroid dienone is 1. The fraction of sp³-hybridized carbons (Fsp3) is 0.286. The van der Waals surface area contributed by atoms with Gasteiger partial charge in [0.2, 0.25) is 0 Å². The monoisotopic (exact) mass is 356 g/mol. The molecule has 2 aromatic rings. The second-order valence-electron chi connectivity index (χ2n) is 5.54. The Morgan fingerprint density at radius 1 is 0.923 bits per heavy atom. The smallest absolute Gasteiger partial charge is 0.189 e. The molecule has 0 radical (unpaired) electrons. The summed E-state index contributed by atoms with van der Waals surface area (Å²) in [7, 11) is 6.16. The summed E-state index contributed by atoms with van der Waals surface area (Å²) in [6.45, 7) is 2.08. The van der Waals surface area contributed by atoms with E-state index in [1.807, 2.05) is 18.2 Å². The molecule has 5 nitrogen and oxygen atoms in total. The summed E-state index contributed by atoms with van der Waals surface area (Å²) in [5.41, 5.74) is 2.37. The van der Waals surface area contributed by atoms with Gasteiger partial charge >= 0.3 is 0 Å². The lowest BCUT2D eigenvalue weighted by Gasteiger charge is -2.13. The van der Waals surface area contributed by atoms with Gasteiger partial charge in [-0.1, -0.05) is 13.0 Å². The summed E-state index contributed by atoms with van der Waals surface area (Å²) < 4.78 is 21.3. The van der Waals surface area contributed by atoms with Gasteiger partial charge in [0.1, 0.15) is 11.5 Å². The molecular formula is C21H24O5. The number of hydrogen-bond acceptors (Lipinski definition) is 5. The van der Waals surface area contributed by atoms with Crippen molar-refractivity contribution in [2.24, 2.45) is 0 Å². The van der Waals surface area contributed by atoms with Gasteiger partial charge in [-0.15, -0.1) is 0 Å². The number of benzene rings is 2. The molecular weight excluding hydrogens is 332 g/mol. The second-order valence-corrected chi connectivity index (χ2v) is 5.54. The molecule has 0 aliphatic rings. The zero-order valence-electron chi connectivity index (χ0n) is 15.8. The lowest BCUT2D eigenvalue weighted by atomic mass is 10.0. The summed E-state index contributed by atoms with van der Waals surface area (Å²) in [6, 6.07) is 9.22. The third-order valence-electron chi connectivity index (χ3n) is 4.07. The molecule has 0 bridgehead atoms. The highest BCUT2D eigenvalue weighted by molar-refractivity contribution is 6.09. The number of hydrogen-bond donors (Lipinski definition) is 0. The van der Waals surface area contributed by atoms with Gasteiger partial charge in [0.15, 0.2) is 17.3 Å². The number of methoxy groups -OCH3 is 4. The summed E-state index contributed by atoms with van der Waals surface area (Å²) in [5, 5.41) is 0. The van der Waals surface area contributed by atoms with Crippen LogP contribution in [-0.2, 0) is 6.42 Å². The zero-order valence-corrected chi connectivity index (χ0v) is 15.8. The van der Waals surface area contributed by atoms with Crippen LogP contribution < -0.4 is 18.9 Å². The van der Waals surface area contributed by atoms with Gasteiger partial charge in [-0.05, 0) is 42.3 Å². The van der Waals surface area contributed by atoms with Crippen LogP contribution in [0, 0.1) is 0 Å². The molecule has 0 heterocycles. The van der Waals surface area contributed by atoms with Gasteiger partial charge < -0.3 is 18.9 Å². The highest BCUT2D eigenvalue weighted by atomic mass is 16.5. The Bertz CT molecular complexity index is 808. The molecule has 2 aromatic carbocycles. The molecule has 0 unspecified atom stereocenters. The second kappa shape index (κ2) is 8.94. The van der Waals surface area contributed by atoms with Gasteiger partial charge in [0.25, 0.3) is 0 Å². The van der Waals surface area contributed by atoms with Crippen LogP contribution in [-0.4, -0.2) is 34.2 Å². The van der Waals surface area contributed by atoms with Crippen LogP contribution in [0.2, 0.25) is 0 Å². The van der Waals surface area contributed by atoms with Crippen molar-refractivity contribution in [2.45, 2.75) is 13.3 Å². The maximum Gasteiger partial charge on any atom is 0.189 e. The van der Waals surface area contributed by atoms with Crippen molar-refractivity contribution >= 4 is 11.9 Å². The van der Waals surface area contributed by atoms with Gasteiger partial charge in [0.05, 0.1) is 34.0 Å². The van der Waals surface area contributed by atoms with E-state index in [0.29, 0.717) is 28.6 Å². The standard InChI is InChI=1S/C21H24O5/c1-6-14-7-10-19(24-3)15(11-14)8-9-18(22)17-12-16(23-2)13-20(25-4)21(17)26-5/h7-13H,6H2,1-5H3/b9-8+. The number of carbonyl (C=O) groups is 1. The molecule has 26 heavy (non-hydrogen) atoms. The van der Waals surface area contributed by atoms with Crippen molar-refractivity contribution in [3.63, 3.8) is 0 Å².